The first-order valence-electron chi connectivity index (χ1n) is 4.76. The summed E-state index contributed by atoms with van der Waals surface area (Å²) in [5.41, 5.74) is -0.210. The number of hydrogen-bond donors (Lipinski definition) is 0. The zero-order valence-electron chi connectivity index (χ0n) is 8.80. The van der Waals surface area contributed by atoms with Crippen LogP contribution in [-0.2, 0) is 0 Å². The van der Waals surface area contributed by atoms with Crippen LogP contribution in [0.25, 0.3) is 5.69 Å². The van der Waals surface area contributed by atoms with E-state index in [4.69, 9.17) is 16.9 Å². The molecule has 0 N–H and O–H groups in total. The molecule has 0 radical (unpaired) electrons. The summed E-state index contributed by atoms with van der Waals surface area (Å²) in [4.78, 5) is 10.2. The number of nitrogens with zero attached hydrogens (tertiary/aromatic N) is 3. The molecule has 0 fully saturated rings. The third kappa shape index (κ3) is 1.92. The molecule has 0 aliphatic rings. The fraction of sp³-hybridized carbons (Fsp3) is 0. The van der Waals surface area contributed by atoms with E-state index in [1.807, 2.05) is 6.07 Å². The Morgan fingerprint density at radius 2 is 2.22 bits per heavy atom. The Kier molecular flexibility index (Phi) is 3.00. The molecule has 0 unspecified atom stereocenters. The van der Waals surface area contributed by atoms with Crippen LogP contribution in [0.15, 0.2) is 30.5 Å². The standard InChI is InChI=1S/C11H5ClFN3O2/c12-8-4-10(11(16(17)18)5-9(8)13)15-3-1-2-7(15)6-14/h1-5H. The molecule has 1 aromatic heterocycles. The van der Waals surface area contributed by atoms with Gasteiger partial charge in [0.15, 0.2) is 0 Å². The maximum atomic E-state index is 13.2. The Morgan fingerprint density at radius 3 is 2.83 bits per heavy atom. The third-order valence-electron chi connectivity index (χ3n) is 2.34. The zero-order valence-corrected chi connectivity index (χ0v) is 9.56. The van der Waals surface area contributed by atoms with Gasteiger partial charge in [-0.1, -0.05) is 11.6 Å². The highest BCUT2D eigenvalue weighted by Crippen LogP contribution is 2.29. The average molecular weight is 266 g/mol. The lowest BCUT2D eigenvalue weighted by atomic mass is 10.2. The summed E-state index contributed by atoms with van der Waals surface area (Å²) >= 11 is 5.61. The van der Waals surface area contributed by atoms with Crippen LogP contribution in [0.5, 0.6) is 0 Å². The Hall–Kier alpha value is -2.39. The SMILES string of the molecule is N#Cc1cccn1-c1cc(Cl)c(F)cc1[N+](=O)[O-]. The minimum absolute atomic E-state index is 0.0490. The highest BCUT2D eigenvalue weighted by Gasteiger charge is 2.20. The van der Waals surface area contributed by atoms with Gasteiger partial charge in [-0.05, 0) is 18.2 Å². The highest BCUT2D eigenvalue weighted by molar-refractivity contribution is 6.31. The molecular formula is C11H5ClFN3O2. The first-order valence-corrected chi connectivity index (χ1v) is 5.13. The van der Waals surface area contributed by atoms with Crippen molar-refractivity contribution in [3.63, 3.8) is 0 Å². The van der Waals surface area contributed by atoms with Crippen molar-refractivity contribution >= 4 is 17.3 Å². The van der Waals surface area contributed by atoms with Gasteiger partial charge < -0.3 is 4.57 Å². The lowest BCUT2D eigenvalue weighted by Crippen LogP contribution is -2.02. The lowest BCUT2D eigenvalue weighted by Gasteiger charge is -2.06. The van der Waals surface area contributed by atoms with Crippen LogP contribution in [-0.4, -0.2) is 9.49 Å². The summed E-state index contributed by atoms with van der Waals surface area (Å²) in [7, 11) is 0. The Balaban J connectivity index is 2.75. The molecule has 0 amide bonds. The maximum Gasteiger partial charge on any atom is 0.296 e. The minimum atomic E-state index is -0.877. The zero-order chi connectivity index (χ0) is 13.3. The number of hydrogen-bond acceptors (Lipinski definition) is 3. The molecule has 0 saturated heterocycles. The van der Waals surface area contributed by atoms with Gasteiger partial charge in [-0.3, -0.25) is 10.1 Å². The summed E-state index contributed by atoms with van der Waals surface area (Å²) in [5.74, 6) is -0.877. The van der Waals surface area contributed by atoms with Gasteiger partial charge in [0.2, 0.25) is 0 Å². The van der Waals surface area contributed by atoms with Crippen LogP contribution in [0.4, 0.5) is 10.1 Å². The number of nitriles is 1. The van der Waals surface area contributed by atoms with Crippen LogP contribution in [0.3, 0.4) is 0 Å². The number of benzene rings is 1. The van der Waals surface area contributed by atoms with E-state index in [0.717, 1.165) is 12.1 Å². The predicted molar refractivity (Wildman–Crippen MR) is 62.1 cm³/mol. The van der Waals surface area contributed by atoms with E-state index < -0.39 is 16.4 Å². The Labute approximate surface area is 106 Å². The van der Waals surface area contributed by atoms with Crippen LogP contribution < -0.4 is 0 Å². The topological polar surface area (TPSA) is 71.9 Å². The van der Waals surface area contributed by atoms with Crippen molar-refractivity contribution in [2.24, 2.45) is 0 Å². The van der Waals surface area contributed by atoms with Crippen LogP contribution in [0, 0.1) is 27.3 Å². The molecule has 90 valence electrons. The average Bonchev–Trinajstić information content (AvgIpc) is 2.79. The Morgan fingerprint density at radius 1 is 1.50 bits per heavy atom. The first-order chi connectivity index (χ1) is 8.54. The van der Waals surface area contributed by atoms with Gasteiger partial charge in [0.1, 0.15) is 23.3 Å². The number of nitro groups is 1. The molecule has 0 bridgehead atoms. The van der Waals surface area contributed by atoms with Crippen molar-refractivity contribution in [3.8, 4) is 11.8 Å². The van der Waals surface area contributed by atoms with Gasteiger partial charge in [-0.25, -0.2) is 4.39 Å². The molecule has 18 heavy (non-hydrogen) atoms. The van der Waals surface area contributed by atoms with E-state index in [2.05, 4.69) is 0 Å². The molecular weight excluding hydrogens is 261 g/mol. The van der Waals surface area contributed by atoms with Gasteiger partial charge in [0.05, 0.1) is 16.0 Å². The molecule has 2 aromatic rings. The second kappa shape index (κ2) is 4.47. The first kappa shape index (κ1) is 12.1. The normalized spacial score (nSPS) is 10.1. The lowest BCUT2D eigenvalue weighted by molar-refractivity contribution is -0.384. The summed E-state index contributed by atoms with van der Waals surface area (Å²) < 4.78 is 14.5. The van der Waals surface area contributed by atoms with Gasteiger partial charge in [0.25, 0.3) is 5.69 Å². The van der Waals surface area contributed by atoms with Crippen LogP contribution in [0.2, 0.25) is 5.02 Å². The summed E-state index contributed by atoms with van der Waals surface area (Å²) in [6.45, 7) is 0. The molecule has 1 aromatic carbocycles. The van der Waals surface area contributed by atoms with E-state index in [1.54, 1.807) is 6.07 Å². The second-order valence-corrected chi connectivity index (χ2v) is 3.79. The summed E-state index contributed by atoms with van der Waals surface area (Å²) in [5, 5.41) is 19.5. The minimum Gasteiger partial charge on any atom is -0.302 e. The van der Waals surface area contributed by atoms with E-state index >= 15 is 0 Å². The number of nitro benzene ring substituents is 1. The molecule has 1 heterocycles. The number of rotatable bonds is 2. The molecule has 5 nitrogen and oxygen atoms in total. The van der Waals surface area contributed by atoms with Gasteiger partial charge >= 0.3 is 0 Å². The van der Waals surface area contributed by atoms with Crippen molar-refractivity contribution in [2.75, 3.05) is 0 Å². The quantitative estimate of drug-likeness (QED) is 0.619. The van der Waals surface area contributed by atoms with Crippen molar-refractivity contribution in [1.82, 2.24) is 4.57 Å². The molecule has 0 atom stereocenters. The highest BCUT2D eigenvalue weighted by atomic mass is 35.5. The van der Waals surface area contributed by atoms with E-state index in [0.29, 0.717) is 0 Å². The third-order valence-corrected chi connectivity index (χ3v) is 2.63. The Bertz CT molecular complexity index is 675. The summed E-state index contributed by atoms with van der Waals surface area (Å²) in [6, 6.07) is 6.78. The van der Waals surface area contributed by atoms with Gasteiger partial charge in [-0.2, -0.15) is 5.26 Å². The monoisotopic (exact) mass is 265 g/mol. The molecule has 0 spiro atoms. The van der Waals surface area contributed by atoms with E-state index in [9.17, 15) is 14.5 Å². The van der Waals surface area contributed by atoms with Crippen molar-refractivity contribution < 1.29 is 9.31 Å². The maximum absolute atomic E-state index is 13.2. The van der Waals surface area contributed by atoms with Crippen LogP contribution >= 0.6 is 11.6 Å². The molecule has 2 rings (SSSR count). The largest absolute Gasteiger partial charge is 0.302 e. The molecule has 0 aliphatic heterocycles. The van der Waals surface area contributed by atoms with Gasteiger partial charge in [-0.15, -0.1) is 0 Å². The van der Waals surface area contributed by atoms with E-state index in [1.165, 1.54) is 16.8 Å². The molecule has 0 saturated carbocycles. The fourth-order valence-electron chi connectivity index (χ4n) is 1.55. The fourth-order valence-corrected chi connectivity index (χ4v) is 1.70. The van der Waals surface area contributed by atoms with E-state index in [-0.39, 0.29) is 16.4 Å². The number of aromatic nitrogens is 1. The smallest absolute Gasteiger partial charge is 0.296 e. The number of halogens is 2. The second-order valence-electron chi connectivity index (χ2n) is 3.39. The van der Waals surface area contributed by atoms with Gasteiger partial charge in [0, 0.05) is 6.20 Å². The van der Waals surface area contributed by atoms with Crippen molar-refractivity contribution in [2.45, 2.75) is 0 Å². The molecule has 7 heteroatoms. The summed E-state index contributed by atoms with van der Waals surface area (Å²) in [6.07, 6.45) is 1.47. The van der Waals surface area contributed by atoms with Crippen LogP contribution in [0.1, 0.15) is 5.69 Å². The molecule has 0 aliphatic carbocycles. The van der Waals surface area contributed by atoms with Crippen molar-refractivity contribution in [1.29, 1.82) is 5.26 Å². The van der Waals surface area contributed by atoms with Crippen molar-refractivity contribution in [3.05, 3.63) is 57.1 Å². The predicted octanol–water partition coefficient (Wildman–Crippen LogP) is 3.05.